The highest BCUT2D eigenvalue weighted by molar-refractivity contribution is 7.13. The maximum atomic E-state index is 12.3. The predicted molar refractivity (Wildman–Crippen MR) is 81.7 cm³/mol. The molecular weight excluding hydrogens is 290 g/mol. The fourth-order valence-corrected chi connectivity index (χ4v) is 3.20. The van der Waals surface area contributed by atoms with Gasteiger partial charge in [-0.3, -0.25) is 9.59 Å². The van der Waals surface area contributed by atoms with Crippen LogP contribution in [0.15, 0.2) is 5.38 Å². The molecule has 116 valence electrons. The van der Waals surface area contributed by atoms with Crippen molar-refractivity contribution in [2.75, 3.05) is 31.1 Å². The van der Waals surface area contributed by atoms with Gasteiger partial charge in [-0.1, -0.05) is 0 Å². The van der Waals surface area contributed by atoms with Gasteiger partial charge in [-0.2, -0.15) is 0 Å². The van der Waals surface area contributed by atoms with Crippen LogP contribution in [-0.2, 0) is 9.59 Å². The summed E-state index contributed by atoms with van der Waals surface area (Å²) in [5, 5.41) is 11.5. The molecule has 0 atom stereocenters. The van der Waals surface area contributed by atoms with E-state index in [9.17, 15) is 9.59 Å². The molecule has 0 saturated carbocycles. The number of amides is 1. The average Bonchev–Trinajstić information content (AvgIpc) is 2.90. The van der Waals surface area contributed by atoms with Crippen molar-refractivity contribution in [3.8, 4) is 0 Å². The Balaban J connectivity index is 2.00. The molecule has 0 aromatic carbocycles. The predicted octanol–water partition coefficient (Wildman–Crippen LogP) is 1.75. The normalized spacial score (nSPS) is 15.0. The van der Waals surface area contributed by atoms with Gasteiger partial charge in [-0.15, -0.1) is 11.3 Å². The standard InChI is InChI=1S/C14H21N3O3S/c1-11-10-21-14(15-11)17(8-5-13(19)20)9-12(18)16-6-3-2-4-7-16/h10H,2-9H2,1H3,(H,19,20). The molecule has 0 unspecified atom stereocenters. The summed E-state index contributed by atoms with van der Waals surface area (Å²) in [5.74, 6) is -0.799. The molecule has 1 saturated heterocycles. The number of piperidine rings is 1. The Hall–Kier alpha value is -1.63. The van der Waals surface area contributed by atoms with Crippen molar-refractivity contribution in [2.45, 2.75) is 32.6 Å². The van der Waals surface area contributed by atoms with E-state index in [0.29, 0.717) is 6.54 Å². The van der Waals surface area contributed by atoms with Gasteiger partial charge in [0.1, 0.15) is 0 Å². The van der Waals surface area contributed by atoms with Crippen molar-refractivity contribution in [2.24, 2.45) is 0 Å². The number of nitrogens with zero attached hydrogens (tertiary/aromatic N) is 3. The van der Waals surface area contributed by atoms with Crippen LogP contribution in [0.25, 0.3) is 0 Å². The molecule has 1 N–H and O–H groups in total. The van der Waals surface area contributed by atoms with Gasteiger partial charge in [0.05, 0.1) is 18.7 Å². The van der Waals surface area contributed by atoms with Gasteiger partial charge in [0.2, 0.25) is 5.91 Å². The zero-order valence-electron chi connectivity index (χ0n) is 12.2. The molecule has 1 aromatic heterocycles. The Morgan fingerprint density at radius 1 is 1.38 bits per heavy atom. The molecule has 1 amide bonds. The van der Waals surface area contributed by atoms with Crippen LogP contribution in [0, 0.1) is 6.92 Å². The van der Waals surface area contributed by atoms with E-state index >= 15 is 0 Å². The topological polar surface area (TPSA) is 73.7 Å². The molecule has 0 spiro atoms. The molecule has 1 aromatic rings. The van der Waals surface area contributed by atoms with Crippen molar-refractivity contribution < 1.29 is 14.7 Å². The minimum Gasteiger partial charge on any atom is -0.481 e. The first-order chi connectivity index (χ1) is 10.1. The Kier molecular flexibility index (Phi) is 5.55. The number of hydrogen-bond acceptors (Lipinski definition) is 5. The number of anilines is 1. The molecule has 1 fully saturated rings. The Morgan fingerprint density at radius 2 is 2.10 bits per heavy atom. The summed E-state index contributed by atoms with van der Waals surface area (Å²) in [6.45, 7) is 4.02. The van der Waals surface area contributed by atoms with Gasteiger partial charge in [0, 0.05) is 25.0 Å². The lowest BCUT2D eigenvalue weighted by atomic mass is 10.1. The van der Waals surface area contributed by atoms with Crippen molar-refractivity contribution in [1.29, 1.82) is 0 Å². The van der Waals surface area contributed by atoms with E-state index < -0.39 is 5.97 Å². The van der Waals surface area contributed by atoms with Crippen LogP contribution in [0.5, 0.6) is 0 Å². The number of aromatic nitrogens is 1. The zero-order valence-corrected chi connectivity index (χ0v) is 13.1. The van der Waals surface area contributed by atoms with Gasteiger partial charge in [0.25, 0.3) is 0 Å². The molecule has 2 rings (SSSR count). The first-order valence-electron chi connectivity index (χ1n) is 7.23. The largest absolute Gasteiger partial charge is 0.481 e. The van der Waals surface area contributed by atoms with Crippen LogP contribution in [0.2, 0.25) is 0 Å². The number of carboxylic acids is 1. The SMILES string of the molecule is Cc1csc(N(CCC(=O)O)CC(=O)N2CCCCC2)n1. The number of aliphatic carboxylic acids is 1. The molecular formula is C14H21N3O3S. The van der Waals surface area contributed by atoms with E-state index in [1.54, 1.807) is 4.90 Å². The zero-order chi connectivity index (χ0) is 15.2. The molecule has 0 aliphatic carbocycles. The van der Waals surface area contributed by atoms with Crippen LogP contribution in [0.3, 0.4) is 0 Å². The lowest BCUT2D eigenvalue weighted by molar-refractivity contribution is -0.137. The molecule has 1 aliphatic heterocycles. The highest BCUT2D eigenvalue weighted by atomic mass is 32.1. The summed E-state index contributed by atoms with van der Waals surface area (Å²) >= 11 is 1.45. The first-order valence-corrected chi connectivity index (χ1v) is 8.11. The molecule has 0 bridgehead atoms. The summed E-state index contributed by atoms with van der Waals surface area (Å²) in [4.78, 5) is 31.2. The van der Waals surface area contributed by atoms with Crippen LogP contribution in [0.1, 0.15) is 31.4 Å². The number of likely N-dealkylation sites (tertiary alicyclic amines) is 1. The molecule has 21 heavy (non-hydrogen) atoms. The third-order valence-electron chi connectivity index (χ3n) is 3.51. The Morgan fingerprint density at radius 3 is 2.67 bits per heavy atom. The number of carbonyl (C=O) groups excluding carboxylic acids is 1. The smallest absolute Gasteiger partial charge is 0.305 e. The van der Waals surface area contributed by atoms with Crippen LogP contribution in [0.4, 0.5) is 5.13 Å². The number of carboxylic acid groups (broad SMARTS) is 1. The van der Waals surface area contributed by atoms with E-state index in [-0.39, 0.29) is 18.9 Å². The Bertz CT molecular complexity index is 497. The monoisotopic (exact) mass is 311 g/mol. The van der Waals surface area contributed by atoms with Crippen molar-refractivity contribution in [3.05, 3.63) is 11.1 Å². The van der Waals surface area contributed by atoms with Gasteiger partial charge in [0.15, 0.2) is 5.13 Å². The summed E-state index contributed by atoms with van der Waals surface area (Å²) < 4.78 is 0. The van der Waals surface area contributed by atoms with E-state index in [1.165, 1.54) is 17.8 Å². The third-order valence-corrected chi connectivity index (χ3v) is 4.53. The highest BCUT2D eigenvalue weighted by Crippen LogP contribution is 2.21. The third kappa shape index (κ3) is 4.70. The summed E-state index contributed by atoms with van der Waals surface area (Å²) in [6, 6.07) is 0. The quantitative estimate of drug-likeness (QED) is 0.866. The number of carbonyl (C=O) groups is 2. The van der Waals surface area contributed by atoms with Gasteiger partial charge >= 0.3 is 5.97 Å². The second-order valence-electron chi connectivity index (χ2n) is 5.28. The lowest BCUT2D eigenvalue weighted by Gasteiger charge is -2.29. The van der Waals surface area contributed by atoms with Gasteiger partial charge < -0.3 is 14.9 Å². The maximum absolute atomic E-state index is 12.3. The number of aryl methyl sites for hydroxylation is 1. The van der Waals surface area contributed by atoms with E-state index in [1.807, 2.05) is 17.2 Å². The molecule has 6 nitrogen and oxygen atoms in total. The fraction of sp³-hybridized carbons (Fsp3) is 0.643. The van der Waals surface area contributed by atoms with Gasteiger partial charge in [-0.25, -0.2) is 4.98 Å². The van der Waals surface area contributed by atoms with Crippen LogP contribution < -0.4 is 4.90 Å². The molecule has 2 heterocycles. The van der Waals surface area contributed by atoms with Gasteiger partial charge in [-0.05, 0) is 26.2 Å². The van der Waals surface area contributed by atoms with Crippen molar-refractivity contribution in [3.63, 3.8) is 0 Å². The second-order valence-corrected chi connectivity index (χ2v) is 6.11. The minimum atomic E-state index is -0.862. The molecule has 1 aliphatic rings. The van der Waals surface area contributed by atoms with Crippen LogP contribution in [-0.4, -0.2) is 53.0 Å². The first kappa shape index (κ1) is 15.8. The second kappa shape index (κ2) is 7.40. The minimum absolute atomic E-state index is 0.00586. The fourth-order valence-electron chi connectivity index (χ4n) is 2.37. The Labute approximate surface area is 128 Å². The summed E-state index contributed by atoms with van der Waals surface area (Å²) in [6.07, 6.45) is 3.29. The number of hydrogen-bond donors (Lipinski definition) is 1. The lowest BCUT2D eigenvalue weighted by Crippen LogP contribution is -2.43. The highest BCUT2D eigenvalue weighted by Gasteiger charge is 2.21. The van der Waals surface area contributed by atoms with Crippen LogP contribution >= 0.6 is 11.3 Å². The van der Waals surface area contributed by atoms with E-state index in [2.05, 4.69) is 4.98 Å². The molecule has 0 radical (unpaired) electrons. The average molecular weight is 311 g/mol. The van der Waals surface area contributed by atoms with E-state index in [4.69, 9.17) is 5.11 Å². The summed E-state index contributed by atoms with van der Waals surface area (Å²) in [5.41, 5.74) is 0.890. The molecule has 7 heteroatoms. The van der Waals surface area contributed by atoms with Crippen molar-refractivity contribution >= 4 is 28.3 Å². The summed E-state index contributed by atoms with van der Waals surface area (Å²) in [7, 11) is 0. The van der Waals surface area contributed by atoms with E-state index in [0.717, 1.165) is 36.8 Å². The number of thiazole rings is 1. The maximum Gasteiger partial charge on any atom is 0.305 e. The van der Waals surface area contributed by atoms with Crippen molar-refractivity contribution in [1.82, 2.24) is 9.88 Å². The number of rotatable bonds is 6.